The SMILES string of the molecule is CCCCc1ccc(C(C)NCC(C)N2CCCC2)cc1. The van der Waals surface area contributed by atoms with Crippen molar-refractivity contribution in [1.29, 1.82) is 0 Å². The van der Waals surface area contributed by atoms with Crippen LogP contribution < -0.4 is 5.32 Å². The third kappa shape index (κ3) is 5.12. The van der Waals surface area contributed by atoms with E-state index in [-0.39, 0.29) is 0 Å². The Morgan fingerprint density at radius 2 is 1.76 bits per heavy atom. The molecule has 1 fully saturated rings. The molecular formula is C19H32N2. The molecule has 118 valence electrons. The number of likely N-dealkylation sites (tertiary alicyclic amines) is 1. The van der Waals surface area contributed by atoms with Crippen molar-refractivity contribution in [2.24, 2.45) is 0 Å². The first-order chi connectivity index (χ1) is 10.2. The average Bonchev–Trinajstić information content (AvgIpc) is 3.05. The molecule has 2 atom stereocenters. The number of unbranched alkanes of at least 4 members (excludes halogenated alkanes) is 1. The molecule has 0 aliphatic carbocycles. The summed E-state index contributed by atoms with van der Waals surface area (Å²) >= 11 is 0. The quantitative estimate of drug-likeness (QED) is 0.772. The van der Waals surface area contributed by atoms with Gasteiger partial charge in [0.2, 0.25) is 0 Å². The lowest BCUT2D eigenvalue weighted by atomic mass is 10.0. The van der Waals surface area contributed by atoms with E-state index in [4.69, 9.17) is 0 Å². The molecule has 1 aliphatic rings. The molecule has 2 nitrogen and oxygen atoms in total. The largest absolute Gasteiger partial charge is 0.309 e. The molecular weight excluding hydrogens is 256 g/mol. The fraction of sp³-hybridized carbons (Fsp3) is 0.684. The first-order valence-electron chi connectivity index (χ1n) is 8.77. The second kappa shape index (κ2) is 8.55. The van der Waals surface area contributed by atoms with Gasteiger partial charge in [-0.15, -0.1) is 0 Å². The third-order valence-electron chi connectivity index (χ3n) is 4.78. The smallest absolute Gasteiger partial charge is 0.0292 e. The lowest BCUT2D eigenvalue weighted by Gasteiger charge is -2.26. The van der Waals surface area contributed by atoms with Gasteiger partial charge in [-0.3, -0.25) is 4.90 Å². The van der Waals surface area contributed by atoms with Crippen LogP contribution in [0.4, 0.5) is 0 Å². The van der Waals surface area contributed by atoms with E-state index in [1.54, 1.807) is 0 Å². The van der Waals surface area contributed by atoms with E-state index in [1.807, 2.05) is 0 Å². The van der Waals surface area contributed by atoms with Crippen LogP contribution in [0.2, 0.25) is 0 Å². The Morgan fingerprint density at radius 3 is 2.38 bits per heavy atom. The first-order valence-corrected chi connectivity index (χ1v) is 8.77. The number of nitrogens with one attached hydrogen (secondary N) is 1. The van der Waals surface area contributed by atoms with Crippen molar-refractivity contribution in [3.05, 3.63) is 35.4 Å². The van der Waals surface area contributed by atoms with E-state index < -0.39 is 0 Å². The highest BCUT2D eigenvalue weighted by molar-refractivity contribution is 5.24. The summed E-state index contributed by atoms with van der Waals surface area (Å²) in [5, 5.41) is 3.70. The minimum Gasteiger partial charge on any atom is -0.309 e. The lowest BCUT2D eigenvalue weighted by Crippen LogP contribution is -2.39. The number of rotatable bonds is 8. The number of benzene rings is 1. The molecule has 21 heavy (non-hydrogen) atoms. The van der Waals surface area contributed by atoms with Crippen LogP contribution >= 0.6 is 0 Å². The predicted molar refractivity (Wildman–Crippen MR) is 91.7 cm³/mol. The molecule has 0 bridgehead atoms. The zero-order valence-corrected chi connectivity index (χ0v) is 14.1. The normalized spacial score (nSPS) is 18.8. The van der Waals surface area contributed by atoms with Gasteiger partial charge in [0.1, 0.15) is 0 Å². The molecule has 1 aromatic carbocycles. The molecule has 1 aromatic rings. The van der Waals surface area contributed by atoms with Gasteiger partial charge in [0.05, 0.1) is 0 Å². The van der Waals surface area contributed by atoms with E-state index in [0.717, 1.165) is 6.54 Å². The van der Waals surface area contributed by atoms with Crippen LogP contribution in [0.5, 0.6) is 0 Å². The topological polar surface area (TPSA) is 15.3 Å². The van der Waals surface area contributed by atoms with Crippen LogP contribution in [0.1, 0.15) is 63.6 Å². The molecule has 0 spiro atoms. The van der Waals surface area contributed by atoms with E-state index >= 15 is 0 Å². The Morgan fingerprint density at radius 1 is 1.10 bits per heavy atom. The molecule has 0 radical (unpaired) electrons. The molecule has 2 unspecified atom stereocenters. The van der Waals surface area contributed by atoms with Gasteiger partial charge in [-0.25, -0.2) is 0 Å². The second-order valence-corrected chi connectivity index (χ2v) is 6.57. The zero-order chi connectivity index (χ0) is 15.1. The summed E-state index contributed by atoms with van der Waals surface area (Å²) in [6.45, 7) is 10.5. The summed E-state index contributed by atoms with van der Waals surface area (Å²) in [7, 11) is 0. The Kier molecular flexibility index (Phi) is 6.72. The molecule has 0 amide bonds. The van der Waals surface area contributed by atoms with Crippen LogP contribution in [-0.2, 0) is 6.42 Å². The maximum absolute atomic E-state index is 3.70. The predicted octanol–water partition coefficient (Wildman–Crippen LogP) is 4.16. The average molecular weight is 288 g/mol. The summed E-state index contributed by atoms with van der Waals surface area (Å²) in [5.74, 6) is 0. The standard InChI is InChI=1S/C19H32N2/c1-4-5-8-18-9-11-19(12-10-18)17(3)20-15-16(2)21-13-6-7-14-21/h9-12,16-17,20H,4-8,13-15H2,1-3H3. The highest BCUT2D eigenvalue weighted by Crippen LogP contribution is 2.16. The van der Waals surface area contributed by atoms with E-state index in [9.17, 15) is 0 Å². The summed E-state index contributed by atoms with van der Waals surface area (Å²) in [6.07, 6.45) is 6.53. The van der Waals surface area contributed by atoms with Gasteiger partial charge >= 0.3 is 0 Å². The minimum atomic E-state index is 0.440. The Labute approximate surface area is 130 Å². The van der Waals surface area contributed by atoms with Crippen LogP contribution in [-0.4, -0.2) is 30.6 Å². The van der Waals surface area contributed by atoms with Crippen molar-refractivity contribution in [1.82, 2.24) is 10.2 Å². The number of hydrogen-bond acceptors (Lipinski definition) is 2. The van der Waals surface area contributed by atoms with Crippen molar-refractivity contribution >= 4 is 0 Å². The molecule has 0 aromatic heterocycles. The monoisotopic (exact) mass is 288 g/mol. The van der Waals surface area contributed by atoms with E-state index in [0.29, 0.717) is 12.1 Å². The highest BCUT2D eigenvalue weighted by Gasteiger charge is 2.18. The molecule has 2 heteroatoms. The van der Waals surface area contributed by atoms with Crippen LogP contribution in [0.25, 0.3) is 0 Å². The van der Waals surface area contributed by atoms with Crippen molar-refractivity contribution < 1.29 is 0 Å². The highest BCUT2D eigenvalue weighted by atomic mass is 15.2. The number of aryl methyl sites for hydroxylation is 1. The summed E-state index contributed by atoms with van der Waals surface area (Å²) in [4.78, 5) is 2.60. The molecule has 1 heterocycles. The second-order valence-electron chi connectivity index (χ2n) is 6.57. The fourth-order valence-electron chi connectivity index (χ4n) is 3.13. The Bertz CT molecular complexity index is 393. The molecule has 1 N–H and O–H groups in total. The zero-order valence-electron chi connectivity index (χ0n) is 14.1. The van der Waals surface area contributed by atoms with Crippen molar-refractivity contribution in [2.75, 3.05) is 19.6 Å². The minimum absolute atomic E-state index is 0.440. The van der Waals surface area contributed by atoms with Gasteiger partial charge in [0.25, 0.3) is 0 Å². The third-order valence-corrected chi connectivity index (χ3v) is 4.78. The van der Waals surface area contributed by atoms with Crippen molar-refractivity contribution in [2.45, 2.75) is 65.0 Å². The van der Waals surface area contributed by atoms with E-state index in [2.05, 4.69) is 55.3 Å². The van der Waals surface area contributed by atoms with Crippen LogP contribution in [0.15, 0.2) is 24.3 Å². The molecule has 0 saturated carbocycles. The number of nitrogens with zero attached hydrogens (tertiary/aromatic N) is 1. The van der Waals surface area contributed by atoms with Crippen LogP contribution in [0.3, 0.4) is 0 Å². The van der Waals surface area contributed by atoms with Crippen molar-refractivity contribution in [3.63, 3.8) is 0 Å². The maximum atomic E-state index is 3.70. The first kappa shape index (κ1) is 16.5. The lowest BCUT2D eigenvalue weighted by molar-refractivity contribution is 0.247. The van der Waals surface area contributed by atoms with Gasteiger partial charge in [-0.1, -0.05) is 37.6 Å². The number of hydrogen-bond donors (Lipinski definition) is 1. The summed E-state index contributed by atoms with van der Waals surface area (Å²) in [5.41, 5.74) is 2.88. The van der Waals surface area contributed by atoms with Gasteiger partial charge in [0, 0.05) is 18.6 Å². The van der Waals surface area contributed by atoms with Gasteiger partial charge in [-0.05, 0) is 63.7 Å². The van der Waals surface area contributed by atoms with Crippen molar-refractivity contribution in [3.8, 4) is 0 Å². The van der Waals surface area contributed by atoms with Gasteiger partial charge in [-0.2, -0.15) is 0 Å². The fourth-order valence-corrected chi connectivity index (χ4v) is 3.13. The van der Waals surface area contributed by atoms with Gasteiger partial charge < -0.3 is 5.32 Å². The van der Waals surface area contributed by atoms with Gasteiger partial charge in [0.15, 0.2) is 0 Å². The van der Waals surface area contributed by atoms with E-state index in [1.165, 1.54) is 56.3 Å². The maximum Gasteiger partial charge on any atom is 0.0292 e. The van der Waals surface area contributed by atoms with Crippen LogP contribution in [0, 0.1) is 0 Å². The molecule has 1 saturated heterocycles. The Balaban J connectivity index is 1.78. The Hall–Kier alpha value is -0.860. The molecule has 1 aliphatic heterocycles. The summed E-state index contributed by atoms with van der Waals surface area (Å²) < 4.78 is 0. The summed E-state index contributed by atoms with van der Waals surface area (Å²) in [6, 6.07) is 10.3. The molecule has 2 rings (SSSR count).